The SMILES string of the molecule is COCc1nc(Cc2ccccc2OC)[nH]c(=O)c1Br. The van der Waals surface area contributed by atoms with Crippen molar-refractivity contribution in [2.24, 2.45) is 0 Å². The van der Waals surface area contributed by atoms with E-state index >= 15 is 0 Å². The molecule has 2 aromatic rings. The molecule has 5 nitrogen and oxygen atoms in total. The van der Waals surface area contributed by atoms with Crippen LogP contribution >= 0.6 is 15.9 Å². The van der Waals surface area contributed by atoms with Crippen LogP contribution in [0.4, 0.5) is 0 Å². The maximum Gasteiger partial charge on any atom is 0.265 e. The summed E-state index contributed by atoms with van der Waals surface area (Å²) in [6.07, 6.45) is 0.489. The summed E-state index contributed by atoms with van der Waals surface area (Å²) in [7, 11) is 3.18. The highest BCUT2D eigenvalue weighted by atomic mass is 79.9. The van der Waals surface area contributed by atoms with E-state index in [-0.39, 0.29) is 12.2 Å². The van der Waals surface area contributed by atoms with Crippen molar-refractivity contribution < 1.29 is 9.47 Å². The smallest absolute Gasteiger partial charge is 0.265 e. The Bertz CT molecular complexity index is 655. The summed E-state index contributed by atoms with van der Waals surface area (Å²) in [5, 5.41) is 0. The first-order valence-electron chi connectivity index (χ1n) is 6.04. The van der Waals surface area contributed by atoms with E-state index in [1.807, 2.05) is 24.3 Å². The number of aromatic nitrogens is 2. The van der Waals surface area contributed by atoms with Crippen molar-refractivity contribution in [1.29, 1.82) is 0 Å². The van der Waals surface area contributed by atoms with Gasteiger partial charge in [0.2, 0.25) is 0 Å². The van der Waals surface area contributed by atoms with Crippen LogP contribution in [0, 0.1) is 0 Å². The first kappa shape index (κ1) is 14.7. The average molecular weight is 339 g/mol. The van der Waals surface area contributed by atoms with Gasteiger partial charge in [0.05, 0.1) is 19.4 Å². The summed E-state index contributed by atoms with van der Waals surface area (Å²) in [4.78, 5) is 19.0. The molecular weight excluding hydrogens is 324 g/mol. The quantitative estimate of drug-likeness (QED) is 0.908. The standard InChI is InChI=1S/C14H15BrN2O3/c1-19-8-10-13(15)14(18)17-12(16-10)7-9-5-3-4-6-11(9)20-2/h3-6H,7-8H2,1-2H3,(H,16,17,18). The zero-order valence-corrected chi connectivity index (χ0v) is 12.9. The van der Waals surface area contributed by atoms with Gasteiger partial charge in [-0.05, 0) is 22.0 Å². The molecular formula is C14H15BrN2O3. The first-order valence-corrected chi connectivity index (χ1v) is 6.83. The fourth-order valence-corrected chi connectivity index (χ4v) is 2.20. The summed E-state index contributed by atoms with van der Waals surface area (Å²) < 4.78 is 10.7. The molecule has 1 N–H and O–H groups in total. The topological polar surface area (TPSA) is 64.2 Å². The van der Waals surface area contributed by atoms with Crippen LogP contribution in [0.1, 0.15) is 17.1 Å². The van der Waals surface area contributed by atoms with E-state index in [4.69, 9.17) is 9.47 Å². The average Bonchev–Trinajstić information content (AvgIpc) is 2.45. The van der Waals surface area contributed by atoms with E-state index in [2.05, 4.69) is 25.9 Å². The Kier molecular flexibility index (Phi) is 4.92. The van der Waals surface area contributed by atoms with Crippen LogP contribution in [0.25, 0.3) is 0 Å². The van der Waals surface area contributed by atoms with Gasteiger partial charge in [0.1, 0.15) is 16.0 Å². The molecule has 0 aliphatic rings. The molecule has 0 unspecified atom stereocenters. The Hall–Kier alpha value is -1.66. The number of ether oxygens (including phenoxy) is 2. The van der Waals surface area contributed by atoms with Crippen molar-refractivity contribution in [3.63, 3.8) is 0 Å². The molecule has 0 saturated carbocycles. The van der Waals surface area contributed by atoms with Gasteiger partial charge in [-0.3, -0.25) is 4.79 Å². The minimum atomic E-state index is -0.211. The van der Waals surface area contributed by atoms with Gasteiger partial charge in [0, 0.05) is 19.1 Å². The summed E-state index contributed by atoms with van der Waals surface area (Å²) in [5.41, 5.74) is 1.34. The van der Waals surface area contributed by atoms with Crippen LogP contribution in [0.15, 0.2) is 33.5 Å². The zero-order chi connectivity index (χ0) is 14.5. The lowest BCUT2D eigenvalue weighted by Crippen LogP contribution is -2.16. The van der Waals surface area contributed by atoms with E-state index in [0.717, 1.165) is 11.3 Å². The molecule has 1 aromatic heterocycles. The monoisotopic (exact) mass is 338 g/mol. The normalized spacial score (nSPS) is 10.6. The Morgan fingerprint density at radius 2 is 2.05 bits per heavy atom. The fourth-order valence-electron chi connectivity index (χ4n) is 1.90. The van der Waals surface area contributed by atoms with Crippen molar-refractivity contribution in [2.45, 2.75) is 13.0 Å². The largest absolute Gasteiger partial charge is 0.496 e. The van der Waals surface area contributed by atoms with Crippen molar-refractivity contribution in [3.05, 3.63) is 56.2 Å². The van der Waals surface area contributed by atoms with Gasteiger partial charge >= 0.3 is 0 Å². The third kappa shape index (κ3) is 3.26. The Balaban J connectivity index is 2.36. The summed E-state index contributed by atoms with van der Waals surface area (Å²) in [6, 6.07) is 7.64. The van der Waals surface area contributed by atoms with E-state index in [0.29, 0.717) is 22.4 Å². The zero-order valence-electron chi connectivity index (χ0n) is 11.3. The lowest BCUT2D eigenvalue weighted by molar-refractivity contribution is 0.180. The number of methoxy groups -OCH3 is 2. The number of nitrogens with one attached hydrogen (secondary N) is 1. The molecule has 2 rings (SSSR count). The lowest BCUT2D eigenvalue weighted by Gasteiger charge is -2.09. The van der Waals surface area contributed by atoms with Gasteiger partial charge in [0.25, 0.3) is 5.56 Å². The van der Waals surface area contributed by atoms with Crippen LogP contribution in [0.3, 0.4) is 0 Å². The summed E-state index contributed by atoms with van der Waals surface area (Å²) >= 11 is 3.22. The number of benzene rings is 1. The molecule has 0 aliphatic carbocycles. The minimum Gasteiger partial charge on any atom is -0.496 e. The Morgan fingerprint density at radius 1 is 1.30 bits per heavy atom. The van der Waals surface area contributed by atoms with E-state index < -0.39 is 0 Å². The molecule has 20 heavy (non-hydrogen) atoms. The van der Waals surface area contributed by atoms with Gasteiger partial charge in [-0.1, -0.05) is 18.2 Å². The van der Waals surface area contributed by atoms with Crippen LogP contribution in [0.5, 0.6) is 5.75 Å². The number of rotatable bonds is 5. The predicted molar refractivity (Wildman–Crippen MR) is 79.1 cm³/mol. The maximum atomic E-state index is 11.9. The molecule has 0 bridgehead atoms. The number of H-pyrrole nitrogens is 1. The van der Waals surface area contributed by atoms with Gasteiger partial charge < -0.3 is 14.5 Å². The number of halogens is 1. The van der Waals surface area contributed by atoms with Crippen molar-refractivity contribution >= 4 is 15.9 Å². The summed E-state index contributed by atoms with van der Waals surface area (Å²) in [6.45, 7) is 0.281. The fraction of sp³-hybridized carbons (Fsp3) is 0.286. The maximum absolute atomic E-state index is 11.9. The Labute approximate surface area is 125 Å². The molecule has 0 amide bonds. The molecule has 0 saturated heterocycles. The number of hydrogen-bond donors (Lipinski definition) is 1. The van der Waals surface area contributed by atoms with Crippen LogP contribution in [-0.4, -0.2) is 24.2 Å². The number of aromatic amines is 1. The van der Waals surface area contributed by atoms with Gasteiger partial charge in [-0.15, -0.1) is 0 Å². The number of para-hydroxylation sites is 1. The molecule has 1 aromatic carbocycles. The van der Waals surface area contributed by atoms with Crippen molar-refractivity contribution in [3.8, 4) is 5.75 Å². The molecule has 0 radical (unpaired) electrons. The molecule has 0 spiro atoms. The lowest BCUT2D eigenvalue weighted by atomic mass is 10.1. The van der Waals surface area contributed by atoms with Gasteiger partial charge in [-0.2, -0.15) is 0 Å². The predicted octanol–water partition coefficient (Wildman–Crippen LogP) is 2.28. The van der Waals surface area contributed by atoms with E-state index in [1.54, 1.807) is 14.2 Å². The van der Waals surface area contributed by atoms with Crippen molar-refractivity contribution in [2.75, 3.05) is 14.2 Å². The van der Waals surface area contributed by atoms with Gasteiger partial charge in [0.15, 0.2) is 0 Å². The molecule has 0 atom stereocenters. The molecule has 1 heterocycles. The highest BCUT2D eigenvalue weighted by Crippen LogP contribution is 2.20. The second-order valence-corrected chi connectivity index (χ2v) is 4.99. The van der Waals surface area contributed by atoms with Crippen LogP contribution < -0.4 is 10.3 Å². The third-order valence-electron chi connectivity index (χ3n) is 2.81. The first-order chi connectivity index (χ1) is 9.65. The van der Waals surface area contributed by atoms with E-state index in [9.17, 15) is 4.79 Å². The molecule has 0 aliphatic heterocycles. The molecule has 106 valence electrons. The molecule has 0 fully saturated rings. The van der Waals surface area contributed by atoms with Gasteiger partial charge in [-0.25, -0.2) is 4.98 Å². The second-order valence-electron chi connectivity index (χ2n) is 4.19. The highest BCUT2D eigenvalue weighted by molar-refractivity contribution is 9.10. The summed E-state index contributed by atoms with van der Waals surface area (Å²) in [5.74, 6) is 1.35. The number of hydrogen-bond acceptors (Lipinski definition) is 4. The highest BCUT2D eigenvalue weighted by Gasteiger charge is 2.11. The van der Waals surface area contributed by atoms with Crippen molar-refractivity contribution in [1.82, 2.24) is 9.97 Å². The second kappa shape index (κ2) is 6.67. The third-order valence-corrected chi connectivity index (χ3v) is 3.63. The van der Waals surface area contributed by atoms with Crippen LogP contribution in [-0.2, 0) is 17.8 Å². The Morgan fingerprint density at radius 3 is 2.75 bits per heavy atom. The van der Waals surface area contributed by atoms with E-state index in [1.165, 1.54) is 0 Å². The molecule has 6 heteroatoms. The number of nitrogens with zero attached hydrogens (tertiary/aromatic N) is 1. The van der Waals surface area contributed by atoms with Crippen LogP contribution in [0.2, 0.25) is 0 Å². The minimum absolute atomic E-state index is 0.211.